The van der Waals surface area contributed by atoms with Crippen molar-refractivity contribution in [2.75, 3.05) is 4.72 Å². The van der Waals surface area contributed by atoms with Crippen molar-refractivity contribution in [1.82, 2.24) is 9.78 Å². The lowest BCUT2D eigenvalue weighted by atomic mass is 10.2. The monoisotopic (exact) mass is 395 g/mol. The van der Waals surface area contributed by atoms with E-state index in [0.717, 1.165) is 17.7 Å². The van der Waals surface area contributed by atoms with Crippen LogP contribution in [0.2, 0.25) is 0 Å². The van der Waals surface area contributed by atoms with Crippen LogP contribution in [0.3, 0.4) is 0 Å². The van der Waals surface area contributed by atoms with E-state index in [1.807, 2.05) is 0 Å². The van der Waals surface area contributed by atoms with Crippen molar-refractivity contribution in [2.24, 2.45) is 0 Å². The molecule has 3 rings (SSSR count). The molecule has 142 valence electrons. The summed E-state index contributed by atoms with van der Waals surface area (Å²) in [4.78, 5) is -0.785. The van der Waals surface area contributed by atoms with Gasteiger partial charge in [-0.25, -0.2) is 21.6 Å². The molecule has 1 heterocycles. The Bertz CT molecular complexity index is 1090. The van der Waals surface area contributed by atoms with Gasteiger partial charge in [-0.3, -0.25) is 9.40 Å². The molecule has 3 aromatic rings. The zero-order valence-corrected chi connectivity index (χ0v) is 15.3. The van der Waals surface area contributed by atoms with E-state index in [-0.39, 0.29) is 11.5 Å². The Morgan fingerprint density at radius 3 is 2.30 bits per heavy atom. The van der Waals surface area contributed by atoms with E-state index < -0.39 is 26.6 Å². The molecule has 1 aromatic heterocycles. The third-order valence-corrected chi connectivity index (χ3v) is 5.41. The lowest BCUT2D eigenvalue weighted by molar-refractivity contribution is 0.555. The summed E-state index contributed by atoms with van der Waals surface area (Å²) in [6, 6.07) is 8.03. The highest BCUT2D eigenvalue weighted by Gasteiger charge is 2.23. The summed E-state index contributed by atoms with van der Waals surface area (Å²) in [5.74, 6) is -2.28. The summed E-state index contributed by atoms with van der Waals surface area (Å²) >= 11 is 0. The first-order valence-corrected chi connectivity index (χ1v) is 9.42. The minimum atomic E-state index is -4.34. The largest absolute Gasteiger partial charge is 0.276 e. The predicted octanol–water partition coefficient (Wildman–Crippen LogP) is 3.77. The number of sulfonamides is 1. The van der Waals surface area contributed by atoms with Crippen LogP contribution in [0.25, 0.3) is 0 Å². The lowest BCUT2D eigenvalue weighted by Crippen LogP contribution is -2.16. The number of hydrogen-bond acceptors (Lipinski definition) is 3. The Labute approximate surface area is 154 Å². The summed E-state index contributed by atoms with van der Waals surface area (Å²) in [7, 11) is -4.34. The lowest BCUT2D eigenvalue weighted by Gasteiger charge is -2.10. The minimum Gasteiger partial charge on any atom is -0.276 e. The molecule has 0 saturated heterocycles. The first kappa shape index (κ1) is 19.0. The normalized spacial score (nSPS) is 11.6. The van der Waals surface area contributed by atoms with E-state index in [9.17, 15) is 21.6 Å². The molecular formula is C18H16F3N3O2S. The van der Waals surface area contributed by atoms with E-state index in [0.29, 0.717) is 24.0 Å². The maximum absolute atomic E-state index is 13.9. The van der Waals surface area contributed by atoms with Gasteiger partial charge in [0.15, 0.2) is 0 Å². The fraction of sp³-hybridized carbons (Fsp3) is 0.167. The van der Waals surface area contributed by atoms with E-state index in [4.69, 9.17) is 0 Å². The molecule has 5 nitrogen and oxygen atoms in total. The fourth-order valence-electron chi connectivity index (χ4n) is 2.63. The number of halogens is 3. The average molecular weight is 395 g/mol. The van der Waals surface area contributed by atoms with Gasteiger partial charge in [0.2, 0.25) is 0 Å². The Morgan fingerprint density at radius 1 is 1.00 bits per heavy atom. The van der Waals surface area contributed by atoms with Crippen molar-refractivity contribution in [3.05, 3.63) is 76.9 Å². The number of anilines is 1. The van der Waals surface area contributed by atoms with Gasteiger partial charge in [0, 0.05) is 0 Å². The van der Waals surface area contributed by atoms with Crippen molar-refractivity contribution in [1.29, 1.82) is 0 Å². The van der Waals surface area contributed by atoms with Gasteiger partial charge in [0.25, 0.3) is 10.0 Å². The molecule has 0 amide bonds. The molecule has 9 heteroatoms. The zero-order chi connectivity index (χ0) is 19.8. The van der Waals surface area contributed by atoms with Crippen LogP contribution in [0.1, 0.15) is 17.0 Å². The van der Waals surface area contributed by atoms with Crippen molar-refractivity contribution >= 4 is 15.7 Å². The minimum absolute atomic E-state index is 0.181. The molecule has 2 aromatic carbocycles. The third kappa shape index (κ3) is 3.97. The van der Waals surface area contributed by atoms with Crippen LogP contribution in [-0.2, 0) is 16.6 Å². The van der Waals surface area contributed by atoms with Gasteiger partial charge in [0.05, 0.1) is 23.6 Å². The number of aryl methyl sites for hydroxylation is 1. The summed E-state index contributed by atoms with van der Waals surface area (Å²) < 4.78 is 69.0. The number of benzene rings is 2. The van der Waals surface area contributed by atoms with E-state index in [1.54, 1.807) is 30.7 Å². The van der Waals surface area contributed by atoms with Crippen LogP contribution in [-0.4, -0.2) is 18.2 Å². The van der Waals surface area contributed by atoms with Crippen LogP contribution >= 0.6 is 0 Å². The van der Waals surface area contributed by atoms with Gasteiger partial charge in [-0.1, -0.05) is 12.1 Å². The molecule has 0 spiro atoms. The number of nitrogens with zero attached hydrogens (tertiary/aromatic N) is 2. The second-order valence-electron chi connectivity index (χ2n) is 6.01. The molecule has 27 heavy (non-hydrogen) atoms. The van der Waals surface area contributed by atoms with Gasteiger partial charge in [-0.2, -0.15) is 5.10 Å². The number of aromatic nitrogens is 2. The first-order valence-electron chi connectivity index (χ1n) is 7.93. The highest BCUT2D eigenvalue weighted by atomic mass is 32.2. The third-order valence-electron chi connectivity index (χ3n) is 4.05. The van der Waals surface area contributed by atoms with Crippen LogP contribution in [0.4, 0.5) is 18.9 Å². The van der Waals surface area contributed by atoms with Crippen LogP contribution in [0.5, 0.6) is 0 Å². The molecule has 0 aliphatic carbocycles. The van der Waals surface area contributed by atoms with E-state index in [2.05, 4.69) is 9.82 Å². The van der Waals surface area contributed by atoms with Gasteiger partial charge >= 0.3 is 0 Å². The molecule has 0 aliphatic rings. The zero-order valence-electron chi connectivity index (χ0n) is 14.5. The maximum atomic E-state index is 13.9. The molecule has 0 bridgehead atoms. The highest BCUT2D eigenvalue weighted by Crippen LogP contribution is 2.25. The SMILES string of the molecule is Cc1nn(Cc2ccc(F)cc2)c(C)c1NS(=O)(=O)c1cc(F)ccc1F. The average Bonchev–Trinajstić information content (AvgIpc) is 2.86. The van der Waals surface area contributed by atoms with Crippen molar-refractivity contribution in [3.8, 4) is 0 Å². The first-order chi connectivity index (χ1) is 12.7. The Balaban J connectivity index is 1.92. The summed E-state index contributed by atoms with van der Waals surface area (Å²) in [5.41, 5.74) is 1.81. The number of rotatable bonds is 5. The van der Waals surface area contributed by atoms with Gasteiger partial charge in [-0.05, 0) is 49.7 Å². The molecular weight excluding hydrogens is 379 g/mol. The van der Waals surface area contributed by atoms with Crippen molar-refractivity contribution in [2.45, 2.75) is 25.3 Å². The Hall–Kier alpha value is -2.81. The summed E-state index contributed by atoms with van der Waals surface area (Å²) in [6.07, 6.45) is 0. The van der Waals surface area contributed by atoms with Crippen molar-refractivity contribution in [3.63, 3.8) is 0 Å². The van der Waals surface area contributed by atoms with Crippen LogP contribution in [0, 0.1) is 31.3 Å². The van der Waals surface area contributed by atoms with Gasteiger partial charge in [-0.15, -0.1) is 0 Å². The van der Waals surface area contributed by atoms with Gasteiger partial charge in [0.1, 0.15) is 22.3 Å². The van der Waals surface area contributed by atoms with Crippen molar-refractivity contribution < 1.29 is 21.6 Å². The second kappa shape index (κ2) is 7.07. The summed E-state index contributed by atoms with van der Waals surface area (Å²) in [5, 5.41) is 4.27. The van der Waals surface area contributed by atoms with Gasteiger partial charge < -0.3 is 0 Å². The Kier molecular flexibility index (Phi) is 4.97. The number of hydrogen-bond donors (Lipinski definition) is 1. The van der Waals surface area contributed by atoms with E-state index >= 15 is 0 Å². The van der Waals surface area contributed by atoms with Crippen LogP contribution in [0.15, 0.2) is 47.4 Å². The molecule has 0 aliphatic heterocycles. The predicted molar refractivity (Wildman–Crippen MR) is 94.4 cm³/mol. The maximum Gasteiger partial charge on any atom is 0.265 e. The molecule has 0 fully saturated rings. The number of nitrogens with one attached hydrogen (secondary N) is 1. The smallest absolute Gasteiger partial charge is 0.265 e. The topological polar surface area (TPSA) is 64.0 Å². The molecule has 0 unspecified atom stereocenters. The Morgan fingerprint density at radius 2 is 1.63 bits per heavy atom. The second-order valence-corrected chi connectivity index (χ2v) is 7.66. The molecule has 0 saturated carbocycles. The molecule has 1 N–H and O–H groups in total. The standard InChI is InChI=1S/C18H16F3N3O2S/c1-11-18(23-27(25,26)17-9-15(20)7-8-16(17)21)12(2)24(22-11)10-13-3-5-14(19)6-4-13/h3-9,23H,10H2,1-2H3. The molecule has 0 radical (unpaired) electrons. The fourth-order valence-corrected chi connectivity index (χ4v) is 3.90. The molecule has 0 atom stereocenters. The highest BCUT2D eigenvalue weighted by molar-refractivity contribution is 7.92. The van der Waals surface area contributed by atoms with Crippen LogP contribution < -0.4 is 4.72 Å². The quantitative estimate of drug-likeness (QED) is 0.715. The summed E-state index contributed by atoms with van der Waals surface area (Å²) in [6.45, 7) is 3.53. The van der Waals surface area contributed by atoms with E-state index in [1.165, 1.54) is 12.1 Å².